The zero-order chi connectivity index (χ0) is 24.0. The fraction of sp³-hybridized carbons (Fsp3) is 0.364. The molecule has 0 saturated carbocycles. The first-order valence-corrected chi connectivity index (χ1v) is 10.7. The lowest BCUT2D eigenvalue weighted by molar-refractivity contribution is -0.236. The molecule has 2 aliphatic heterocycles. The summed E-state index contributed by atoms with van der Waals surface area (Å²) < 4.78 is 43.7. The van der Waals surface area contributed by atoms with Crippen molar-refractivity contribution in [2.75, 3.05) is 31.6 Å². The number of aryl methyl sites for hydroxylation is 1. The molecule has 2 N–H and O–H groups in total. The summed E-state index contributed by atoms with van der Waals surface area (Å²) in [7, 11) is 0. The van der Waals surface area contributed by atoms with Gasteiger partial charge in [0, 0.05) is 13.1 Å². The van der Waals surface area contributed by atoms with Crippen molar-refractivity contribution in [1.29, 1.82) is 0 Å². The number of alkyl halides is 3. The monoisotopic (exact) mass is 474 g/mol. The lowest BCUT2D eigenvalue weighted by Crippen LogP contribution is -2.53. The van der Waals surface area contributed by atoms with Gasteiger partial charge in [0.1, 0.15) is 17.6 Å². The molecule has 2 aromatic heterocycles. The van der Waals surface area contributed by atoms with E-state index in [2.05, 4.69) is 20.5 Å². The van der Waals surface area contributed by atoms with Crippen molar-refractivity contribution >= 4 is 34.2 Å². The maximum Gasteiger partial charge on any atom is 0.416 e. The zero-order valence-corrected chi connectivity index (χ0v) is 18.1. The summed E-state index contributed by atoms with van der Waals surface area (Å²) in [6.07, 6.45) is -4.93. The fourth-order valence-corrected chi connectivity index (χ4v) is 4.24. The molecule has 2 amide bonds. The smallest absolute Gasteiger partial charge is 0.365 e. The first kappa shape index (κ1) is 22.1. The van der Waals surface area contributed by atoms with Crippen LogP contribution < -0.4 is 5.32 Å². The zero-order valence-electron chi connectivity index (χ0n) is 18.1. The second-order valence-electron chi connectivity index (χ2n) is 8.31. The number of hydrogen-bond acceptors (Lipinski definition) is 6. The maximum atomic E-state index is 13.1. The Morgan fingerprint density at radius 3 is 2.97 bits per heavy atom. The van der Waals surface area contributed by atoms with Crippen LogP contribution >= 0.6 is 0 Å². The number of aromatic nitrogens is 3. The third kappa shape index (κ3) is 4.04. The molecule has 3 aromatic rings. The molecule has 1 saturated heterocycles. The average molecular weight is 474 g/mol. The van der Waals surface area contributed by atoms with Gasteiger partial charge in [-0.2, -0.15) is 18.3 Å². The summed E-state index contributed by atoms with van der Waals surface area (Å²) in [5.74, 6) is -0.909. The molecule has 34 heavy (non-hydrogen) atoms. The first-order chi connectivity index (χ1) is 16.2. The molecule has 12 heteroatoms. The Balaban J connectivity index is 1.31. The molecule has 5 rings (SSSR count). The van der Waals surface area contributed by atoms with E-state index in [1.807, 2.05) is 6.92 Å². The van der Waals surface area contributed by atoms with Gasteiger partial charge in [-0.15, -0.1) is 0 Å². The SMILES string of the molecule is Cc1[nH]nc2cc(Nc3cccc4c3C(=O)N(CC(=O)N3CCOC(C(F)(F)F)C3)C4)cnc12. The van der Waals surface area contributed by atoms with E-state index in [9.17, 15) is 22.8 Å². The molecule has 0 radical (unpaired) electrons. The molecule has 1 fully saturated rings. The molecule has 0 spiro atoms. The highest BCUT2D eigenvalue weighted by Gasteiger charge is 2.44. The van der Waals surface area contributed by atoms with Crippen LogP contribution in [-0.4, -0.2) is 75.3 Å². The third-order valence-corrected chi connectivity index (χ3v) is 5.97. The Bertz CT molecular complexity index is 1270. The number of H-pyrrole nitrogens is 1. The number of amides is 2. The van der Waals surface area contributed by atoms with E-state index in [-0.39, 0.29) is 32.1 Å². The summed E-state index contributed by atoms with van der Waals surface area (Å²) >= 11 is 0. The molecule has 1 unspecified atom stereocenters. The number of carbonyl (C=O) groups is 2. The largest absolute Gasteiger partial charge is 0.416 e. The van der Waals surface area contributed by atoms with Crippen LogP contribution in [-0.2, 0) is 16.1 Å². The molecule has 0 bridgehead atoms. The number of aromatic amines is 1. The Morgan fingerprint density at radius 1 is 1.35 bits per heavy atom. The highest BCUT2D eigenvalue weighted by molar-refractivity contribution is 6.05. The number of ether oxygens (including phenoxy) is 1. The number of nitrogens with one attached hydrogen (secondary N) is 2. The predicted octanol–water partition coefficient (Wildman–Crippen LogP) is 2.76. The van der Waals surface area contributed by atoms with Crippen LogP contribution in [0.4, 0.5) is 24.5 Å². The van der Waals surface area contributed by atoms with Gasteiger partial charge >= 0.3 is 6.18 Å². The number of halogens is 3. The van der Waals surface area contributed by atoms with E-state index in [0.29, 0.717) is 22.5 Å². The van der Waals surface area contributed by atoms with Crippen LogP contribution in [0.2, 0.25) is 0 Å². The van der Waals surface area contributed by atoms with Crippen molar-refractivity contribution in [3.05, 3.63) is 47.3 Å². The van der Waals surface area contributed by atoms with Gasteiger partial charge in [-0.25, -0.2) is 0 Å². The lowest BCUT2D eigenvalue weighted by Gasteiger charge is -2.34. The quantitative estimate of drug-likeness (QED) is 0.603. The summed E-state index contributed by atoms with van der Waals surface area (Å²) in [6.45, 7) is 1.03. The molecule has 1 aromatic carbocycles. The molecule has 2 aliphatic rings. The van der Waals surface area contributed by atoms with Crippen molar-refractivity contribution in [2.24, 2.45) is 0 Å². The second-order valence-corrected chi connectivity index (χ2v) is 8.31. The Morgan fingerprint density at radius 2 is 2.18 bits per heavy atom. The minimum Gasteiger partial charge on any atom is -0.365 e. The van der Waals surface area contributed by atoms with Crippen molar-refractivity contribution < 1.29 is 27.5 Å². The van der Waals surface area contributed by atoms with Crippen molar-refractivity contribution in [3.8, 4) is 0 Å². The Kier molecular flexibility index (Phi) is 5.39. The van der Waals surface area contributed by atoms with E-state index in [4.69, 9.17) is 4.74 Å². The van der Waals surface area contributed by atoms with Crippen LogP contribution in [0.25, 0.3) is 11.0 Å². The number of hydrogen-bond donors (Lipinski definition) is 2. The van der Waals surface area contributed by atoms with E-state index in [0.717, 1.165) is 21.7 Å². The molecule has 9 nitrogen and oxygen atoms in total. The van der Waals surface area contributed by atoms with Gasteiger partial charge < -0.3 is 19.9 Å². The third-order valence-electron chi connectivity index (χ3n) is 5.97. The van der Waals surface area contributed by atoms with Gasteiger partial charge in [0.15, 0.2) is 6.10 Å². The highest BCUT2D eigenvalue weighted by atomic mass is 19.4. The van der Waals surface area contributed by atoms with E-state index >= 15 is 0 Å². The summed E-state index contributed by atoms with van der Waals surface area (Å²) in [4.78, 5) is 32.7. The van der Waals surface area contributed by atoms with Gasteiger partial charge in [-0.05, 0) is 24.6 Å². The molecule has 178 valence electrons. The number of pyridine rings is 1. The number of benzene rings is 1. The van der Waals surface area contributed by atoms with Crippen LogP contribution in [0.5, 0.6) is 0 Å². The Hall–Kier alpha value is -3.67. The molecule has 4 heterocycles. The van der Waals surface area contributed by atoms with Crippen LogP contribution in [0, 0.1) is 6.92 Å². The van der Waals surface area contributed by atoms with Gasteiger partial charge in [-0.1, -0.05) is 12.1 Å². The van der Waals surface area contributed by atoms with Crippen LogP contribution in [0.15, 0.2) is 30.5 Å². The van der Waals surface area contributed by atoms with Crippen molar-refractivity contribution in [1.82, 2.24) is 25.0 Å². The van der Waals surface area contributed by atoms with E-state index in [1.165, 1.54) is 4.90 Å². The van der Waals surface area contributed by atoms with E-state index in [1.54, 1.807) is 30.5 Å². The topological polar surface area (TPSA) is 103 Å². The lowest BCUT2D eigenvalue weighted by atomic mass is 10.1. The molecule has 0 aliphatic carbocycles. The van der Waals surface area contributed by atoms with Crippen LogP contribution in [0.3, 0.4) is 0 Å². The van der Waals surface area contributed by atoms with Gasteiger partial charge in [0.25, 0.3) is 5.91 Å². The van der Waals surface area contributed by atoms with Gasteiger partial charge in [-0.3, -0.25) is 19.7 Å². The minimum atomic E-state index is -4.55. The number of rotatable bonds is 4. The first-order valence-electron chi connectivity index (χ1n) is 10.7. The maximum absolute atomic E-state index is 13.1. The van der Waals surface area contributed by atoms with Crippen molar-refractivity contribution in [3.63, 3.8) is 0 Å². The summed E-state index contributed by atoms with van der Waals surface area (Å²) in [6, 6.07) is 7.13. The summed E-state index contributed by atoms with van der Waals surface area (Å²) in [5, 5.41) is 10.3. The van der Waals surface area contributed by atoms with Crippen LogP contribution in [0.1, 0.15) is 21.6 Å². The van der Waals surface area contributed by atoms with Gasteiger partial charge in [0.2, 0.25) is 5.91 Å². The number of anilines is 2. The summed E-state index contributed by atoms with van der Waals surface area (Å²) in [5.41, 5.74) is 4.61. The normalized spacial score (nSPS) is 18.5. The highest BCUT2D eigenvalue weighted by Crippen LogP contribution is 2.32. The molecule has 1 atom stereocenters. The Labute approximate surface area is 191 Å². The number of nitrogens with zero attached hydrogens (tertiary/aromatic N) is 4. The number of fused-ring (bicyclic) bond motifs is 2. The molecular formula is C22H21F3N6O3. The standard InChI is InChI=1S/C22H21F3N6O3/c1-12-20-16(29-28-12)7-14(8-26-20)27-15-4-2-3-13-9-31(21(33)19(13)15)11-18(32)30-5-6-34-17(10-30)22(23,24)25/h2-4,7-8,17,27H,5-6,9-11H2,1H3,(H,28,29). The predicted molar refractivity (Wildman–Crippen MR) is 115 cm³/mol. The number of carbonyl (C=O) groups excluding carboxylic acids is 2. The number of morpholine rings is 1. The van der Waals surface area contributed by atoms with Gasteiger partial charge in [0.05, 0.1) is 42.0 Å². The molecular weight excluding hydrogens is 453 g/mol. The fourth-order valence-electron chi connectivity index (χ4n) is 4.24. The minimum absolute atomic E-state index is 0.0509. The second kappa shape index (κ2) is 8.28. The van der Waals surface area contributed by atoms with Crippen molar-refractivity contribution in [2.45, 2.75) is 25.7 Å². The van der Waals surface area contributed by atoms with E-state index < -0.39 is 24.7 Å². The average Bonchev–Trinajstić information content (AvgIpc) is 3.33.